The molecule has 2 amide bonds. The number of hydrogen-bond donors (Lipinski definition) is 2. The number of nitrogens with one attached hydrogen (secondary N) is 2. The van der Waals surface area contributed by atoms with Crippen LogP contribution in [0.25, 0.3) is 0 Å². The zero-order valence-electron chi connectivity index (χ0n) is 44.4. The molecule has 2 N–H and O–H groups in total. The average Bonchev–Trinajstić information content (AvgIpc) is 3.40. The number of allylic oxidation sites excluding steroid dienone is 1. The van der Waals surface area contributed by atoms with E-state index in [1.54, 1.807) is 12.6 Å². The Morgan fingerprint density at radius 2 is 0.926 bits per heavy atom. The van der Waals surface area contributed by atoms with Crippen LogP contribution in [0, 0.1) is 17.8 Å². The van der Waals surface area contributed by atoms with E-state index in [2.05, 4.69) is 171 Å². The van der Waals surface area contributed by atoms with Gasteiger partial charge in [0.2, 0.25) is 0 Å². The first-order valence-corrected chi connectivity index (χ1v) is 28.4. The van der Waals surface area contributed by atoms with Gasteiger partial charge in [-0.3, -0.25) is 4.79 Å². The van der Waals surface area contributed by atoms with Crippen LogP contribution in [-0.2, 0) is 4.79 Å². The summed E-state index contributed by atoms with van der Waals surface area (Å²) < 4.78 is 0. The Bertz CT molecular complexity index is 1630. The standard InChI is InChI=1S/C20H20P.C9H18N2O.C8H17N.C8H15N.C7H15N.C6H11NO.BrH/c1-2-21(18-12-6-3-7-13-18,19-14-8-4-9-15-19)20-16-10-5-11-17-20;1-3-8-4-6-11(7-5-8)9(12)10-2;2*1-3-8-4-6-9(2)7-5-8;1-2-7-3-5-8-6-4-7;1-7-4-2-6(8)3-5-7;/h3-17H,2H2,1H3;8H,3-7H2,1-2H3,(H,10,12);8H,3-7H2,1-2H3;3H,4-7H2,1-2H3;7-8H,2-6H2,1H3;2-5H2,1H3;1H/q+1;;;;;;/p-1. The second kappa shape index (κ2) is 36.1. The van der Waals surface area contributed by atoms with Gasteiger partial charge in [-0.15, -0.1) is 0 Å². The Hall–Kier alpha value is -2.91. The van der Waals surface area contributed by atoms with E-state index in [4.69, 9.17) is 0 Å². The van der Waals surface area contributed by atoms with E-state index in [9.17, 15) is 9.59 Å². The van der Waals surface area contributed by atoms with Crippen molar-refractivity contribution >= 4 is 35.0 Å². The number of carbonyl (C=O) groups is 2. The number of halogens is 1. The predicted octanol–water partition coefficient (Wildman–Crippen LogP) is 7.53. The van der Waals surface area contributed by atoms with Crippen LogP contribution in [0.3, 0.4) is 0 Å². The number of Topliss-reactive ketones (excluding diaryl/α,β-unsaturated/α-hetero) is 1. The monoisotopic (exact) mass is 1020 g/mol. The number of benzene rings is 3. The van der Waals surface area contributed by atoms with Crippen molar-refractivity contribution in [3.05, 3.63) is 103 Å². The molecule has 0 spiro atoms. The molecule has 382 valence electrons. The molecule has 0 unspecified atom stereocenters. The van der Waals surface area contributed by atoms with Crippen molar-refractivity contribution in [2.24, 2.45) is 17.8 Å². The van der Waals surface area contributed by atoms with Crippen molar-refractivity contribution in [2.45, 2.75) is 118 Å². The molecule has 5 aliphatic rings. The summed E-state index contributed by atoms with van der Waals surface area (Å²) in [5, 5.41) is 10.4. The lowest BCUT2D eigenvalue weighted by atomic mass is 9.95. The van der Waals surface area contributed by atoms with Gasteiger partial charge >= 0.3 is 6.03 Å². The number of ketones is 1. The average molecular weight is 1020 g/mol. The zero-order valence-corrected chi connectivity index (χ0v) is 46.9. The van der Waals surface area contributed by atoms with Gasteiger partial charge in [0.25, 0.3) is 0 Å². The van der Waals surface area contributed by atoms with Gasteiger partial charge < -0.3 is 47.2 Å². The van der Waals surface area contributed by atoms with Gasteiger partial charge in [0.15, 0.2) is 0 Å². The molecule has 0 saturated carbocycles. The fraction of sp³-hybridized carbons (Fsp3) is 0.621. The minimum Gasteiger partial charge on any atom is -1.00 e. The summed E-state index contributed by atoms with van der Waals surface area (Å²) in [4.78, 5) is 30.6. The molecule has 8 nitrogen and oxygen atoms in total. The van der Waals surface area contributed by atoms with Crippen LogP contribution in [-0.4, -0.2) is 131 Å². The SMILES string of the molecule is CC=C1CCN(C)CC1.CCC1CCN(C(=O)NC)CC1.CCC1CCN(C)CC1.CCC1CCNCC1.CC[P+](c1ccccc1)(c1ccccc1)c1ccccc1.CN1CCC(=O)CC1.[Br-]. The third kappa shape index (κ3) is 22.4. The van der Waals surface area contributed by atoms with Crippen LogP contribution in [0.1, 0.15) is 118 Å². The largest absolute Gasteiger partial charge is 1.00 e. The number of amides is 2. The minimum absolute atomic E-state index is 0. The molecule has 0 atom stereocenters. The van der Waals surface area contributed by atoms with Gasteiger partial charge in [-0.2, -0.15) is 0 Å². The quantitative estimate of drug-likeness (QED) is 0.189. The van der Waals surface area contributed by atoms with Crippen molar-refractivity contribution in [1.29, 1.82) is 0 Å². The van der Waals surface area contributed by atoms with Crippen LogP contribution in [0.5, 0.6) is 0 Å². The highest BCUT2D eigenvalue weighted by atomic mass is 79.9. The summed E-state index contributed by atoms with van der Waals surface area (Å²) in [6.45, 7) is 22.7. The van der Waals surface area contributed by atoms with Gasteiger partial charge in [-0.25, -0.2) is 4.79 Å². The molecular weight excluding hydrogens is 924 g/mol. The van der Waals surface area contributed by atoms with Crippen LogP contribution in [0.2, 0.25) is 0 Å². The molecule has 0 radical (unpaired) electrons. The van der Waals surface area contributed by atoms with E-state index in [-0.39, 0.29) is 23.0 Å². The lowest BCUT2D eigenvalue weighted by Crippen LogP contribution is -3.00. The van der Waals surface area contributed by atoms with E-state index in [0.717, 1.165) is 62.9 Å². The van der Waals surface area contributed by atoms with Crippen LogP contribution in [0.15, 0.2) is 103 Å². The predicted molar refractivity (Wildman–Crippen MR) is 293 cm³/mol. The lowest BCUT2D eigenvalue weighted by Gasteiger charge is -2.31. The third-order valence-electron chi connectivity index (χ3n) is 14.8. The van der Waals surface area contributed by atoms with Crippen molar-refractivity contribution in [3.8, 4) is 0 Å². The van der Waals surface area contributed by atoms with Crippen molar-refractivity contribution < 1.29 is 26.6 Å². The third-order valence-corrected chi connectivity index (χ3v) is 19.3. The van der Waals surface area contributed by atoms with Gasteiger partial charge in [-0.1, -0.05) is 106 Å². The fourth-order valence-corrected chi connectivity index (χ4v) is 13.6. The molecule has 10 heteroatoms. The van der Waals surface area contributed by atoms with E-state index < -0.39 is 7.26 Å². The van der Waals surface area contributed by atoms with E-state index in [0.29, 0.717) is 5.78 Å². The van der Waals surface area contributed by atoms with Gasteiger partial charge in [-0.05, 0) is 167 Å². The molecular formula is C58H96BrN6O2P. The van der Waals surface area contributed by atoms with E-state index in [1.807, 2.05) is 11.9 Å². The topological polar surface area (TPSA) is 71.2 Å². The van der Waals surface area contributed by atoms with Crippen molar-refractivity contribution in [3.63, 3.8) is 0 Å². The highest BCUT2D eigenvalue weighted by molar-refractivity contribution is 7.95. The Kier molecular flexibility index (Phi) is 32.5. The highest BCUT2D eigenvalue weighted by Crippen LogP contribution is 2.54. The van der Waals surface area contributed by atoms with E-state index in [1.165, 1.54) is 126 Å². The smallest absolute Gasteiger partial charge is 0.317 e. The van der Waals surface area contributed by atoms with E-state index >= 15 is 0 Å². The molecule has 0 aliphatic carbocycles. The first kappa shape index (κ1) is 61.2. The van der Waals surface area contributed by atoms with Crippen molar-refractivity contribution in [1.82, 2.24) is 30.2 Å². The Morgan fingerprint density at radius 1 is 0.574 bits per heavy atom. The Balaban J connectivity index is 0.000000293. The molecule has 5 saturated heterocycles. The number of nitrogens with zero attached hydrogens (tertiary/aromatic N) is 4. The van der Waals surface area contributed by atoms with Gasteiger partial charge in [0.1, 0.15) is 29.0 Å². The maximum Gasteiger partial charge on any atom is 0.317 e. The molecule has 5 heterocycles. The molecule has 3 aromatic rings. The van der Waals surface area contributed by atoms with Gasteiger partial charge in [0.05, 0.1) is 6.16 Å². The molecule has 0 bridgehead atoms. The van der Waals surface area contributed by atoms with Crippen LogP contribution in [0.4, 0.5) is 4.79 Å². The normalized spacial score (nSPS) is 18.7. The summed E-state index contributed by atoms with van der Waals surface area (Å²) in [6, 6.07) is 33.1. The number of rotatable bonds is 7. The summed E-state index contributed by atoms with van der Waals surface area (Å²) in [5.41, 5.74) is 1.63. The maximum absolute atomic E-state index is 11.2. The number of hydrogen-bond acceptors (Lipinski definition) is 6. The second-order valence-electron chi connectivity index (χ2n) is 19.4. The second-order valence-corrected chi connectivity index (χ2v) is 23.2. The number of piperidine rings is 5. The molecule has 8 rings (SSSR count). The van der Waals surface area contributed by atoms with Crippen LogP contribution >= 0.6 is 7.26 Å². The highest BCUT2D eigenvalue weighted by Gasteiger charge is 2.43. The first-order chi connectivity index (χ1) is 32.5. The zero-order chi connectivity index (χ0) is 48.7. The molecule has 68 heavy (non-hydrogen) atoms. The number of carbonyl (C=O) groups excluding carboxylic acids is 2. The summed E-state index contributed by atoms with van der Waals surface area (Å²) in [7, 11) is 6.60. The summed E-state index contributed by atoms with van der Waals surface area (Å²) in [6.07, 6.45) is 19.5. The summed E-state index contributed by atoms with van der Waals surface area (Å²) in [5.74, 6) is 3.31. The van der Waals surface area contributed by atoms with Crippen molar-refractivity contribution in [2.75, 3.05) is 99.8 Å². The molecule has 5 aliphatic heterocycles. The van der Waals surface area contributed by atoms with Crippen LogP contribution < -0.4 is 43.5 Å². The molecule has 0 aromatic heterocycles. The van der Waals surface area contributed by atoms with Gasteiger partial charge in [0, 0.05) is 59.2 Å². The molecule has 5 fully saturated rings. The first-order valence-electron chi connectivity index (χ1n) is 26.5. The lowest BCUT2D eigenvalue weighted by molar-refractivity contribution is -0.121. The number of urea groups is 1. The summed E-state index contributed by atoms with van der Waals surface area (Å²) >= 11 is 0. The Morgan fingerprint density at radius 3 is 1.25 bits per heavy atom. The minimum atomic E-state index is -1.53. The number of likely N-dealkylation sites (tertiary alicyclic amines) is 4. The fourth-order valence-electron chi connectivity index (χ4n) is 9.57. The maximum atomic E-state index is 11.2. The molecule has 3 aromatic carbocycles. The Labute approximate surface area is 428 Å².